The summed E-state index contributed by atoms with van der Waals surface area (Å²) in [6, 6.07) is 8.44. The van der Waals surface area contributed by atoms with E-state index in [1.54, 1.807) is 0 Å². The number of alkyl halides is 1. The molecule has 0 saturated heterocycles. The second-order valence-corrected chi connectivity index (χ2v) is 5.73. The molecule has 3 rings (SSSR count). The van der Waals surface area contributed by atoms with E-state index >= 15 is 0 Å². The van der Waals surface area contributed by atoms with Crippen molar-refractivity contribution in [1.82, 2.24) is 14.5 Å². The van der Waals surface area contributed by atoms with Crippen LogP contribution in [0.25, 0.3) is 11.0 Å². The topological polar surface area (TPSA) is 30.7 Å². The maximum atomic E-state index is 5.94. The van der Waals surface area contributed by atoms with Gasteiger partial charge in [-0.15, -0.1) is 11.6 Å². The normalized spacial score (nSPS) is 11.2. The Balaban J connectivity index is 2.12. The SMILES string of the molecule is Cc1ccc2nc(CCCl)n(Cc3ccncc3C)c2c1. The first-order chi connectivity index (χ1) is 10.2. The van der Waals surface area contributed by atoms with Crippen molar-refractivity contribution in [2.24, 2.45) is 0 Å². The van der Waals surface area contributed by atoms with Gasteiger partial charge in [0.05, 0.1) is 11.0 Å². The molecule has 108 valence electrons. The Kier molecular flexibility index (Phi) is 3.93. The van der Waals surface area contributed by atoms with Gasteiger partial charge in [-0.3, -0.25) is 4.98 Å². The van der Waals surface area contributed by atoms with Gasteiger partial charge in [0.1, 0.15) is 5.82 Å². The van der Waals surface area contributed by atoms with Crippen LogP contribution in [0, 0.1) is 13.8 Å². The summed E-state index contributed by atoms with van der Waals surface area (Å²) >= 11 is 5.94. The summed E-state index contributed by atoms with van der Waals surface area (Å²) in [7, 11) is 0. The Hall–Kier alpha value is -1.87. The number of aryl methyl sites for hydroxylation is 3. The third kappa shape index (κ3) is 2.79. The number of hydrogen-bond acceptors (Lipinski definition) is 2. The van der Waals surface area contributed by atoms with Crippen molar-refractivity contribution in [3.63, 3.8) is 0 Å². The van der Waals surface area contributed by atoms with Crippen LogP contribution < -0.4 is 0 Å². The third-order valence-corrected chi connectivity index (χ3v) is 3.95. The zero-order valence-corrected chi connectivity index (χ0v) is 13.1. The number of halogens is 1. The van der Waals surface area contributed by atoms with Crippen LogP contribution in [0.1, 0.15) is 22.5 Å². The first-order valence-electron chi connectivity index (χ1n) is 7.10. The van der Waals surface area contributed by atoms with Crippen LogP contribution in [-0.2, 0) is 13.0 Å². The summed E-state index contributed by atoms with van der Waals surface area (Å²) in [5.74, 6) is 1.62. The van der Waals surface area contributed by atoms with Crippen LogP contribution in [0.2, 0.25) is 0 Å². The number of pyridine rings is 1. The Bertz CT molecular complexity index is 777. The molecule has 2 aromatic heterocycles. The van der Waals surface area contributed by atoms with Crippen LogP contribution in [0.4, 0.5) is 0 Å². The molecular formula is C17H18ClN3. The monoisotopic (exact) mass is 299 g/mol. The highest BCUT2D eigenvalue weighted by atomic mass is 35.5. The fraction of sp³-hybridized carbons (Fsp3) is 0.294. The minimum atomic E-state index is 0.581. The van der Waals surface area contributed by atoms with Gasteiger partial charge < -0.3 is 4.57 Å². The lowest BCUT2D eigenvalue weighted by Gasteiger charge is -2.11. The second kappa shape index (κ2) is 5.86. The van der Waals surface area contributed by atoms with Crippen LogP contribution in [0.15, 0.2) is 36.7 Å². The number of imidazole rings is 1. The summed E-state index contributed by atoms with van der Waals surface area (Å²) in [4.78, 5) is 8.90. The zero-order chi connectivity index (χ0) is 14.8. The first-order valence-corrected chi connectivity index (χ1v) is 7.63. The Morgan fingerprint density at radius 3 is 2.81 bits per heavy atom. The molecule has 3 nitrogen and oxygen atoms in total. The third-order valence-electron chi connectivity index (χ3n) is 3.77. The van der Waals surface area contributed by atoms with Gasteiger partial charge in [0.25, 0.3) is 0 Å². The molecule has 3 aromatic rings. The van der Waals surface area contributed by atoms with Crippen molar-refractivity contribution in [1.29, 1.82) is 0 Å². The molecule has 0 bridgehead atoms. The lowest BCUT2D eigenvalue weighted by Crippen LogP contribution is -2.07. The van der Waals surface area contributed by atoms with E-state index in [0.717, 1.165) is 24.3 Å². The first kappa shape index (κ1) is 14.1. The minimum absolute atomic E-state index is 0.581. The van der Waals surface area contributed by atoms with Crippen molar-refractivity contribution in [3.8, 4) is 0 Å². The highest BCUT2D eigenvalue weighted by Gasteiger charge is 2.11. The molecule has 2 heterocycles. The summed E-state index contributed by atoms with van der Waals surface area (Å²) < 4.78 is 2.27. The fourth-order valence-corrected chi connectivity index (χ4v) is 2.75. The predicted octanol–water partition coefficient (Wildman–Crippen LogP) is 3.88. The summed E-state index contributed by atoms with van der Waals surface area (Å²) in [6.07, 6.45) is 4.52. The average Bonchev–Trinajstić information content (AvgIpc) is 2.79. The largest absolute Gasteiger partial charge is 0.323 e. The van der Waals surface area contributed by atoms with Crippen molar-refractivity contribution in [3.05, 3.63) is 59.2 Å². The van der Waals surface area contributed by atoms with E-state index in [1.807, 2.05) is 12.4 Å². The standard InChI is InChI=1S/C17H18ClN3/c1-12-3-4-15-16(9-12)21(17(20-15)5-7-18)11-14-6-8-19-10-13(14)2/h3-4,6,8-10H,5,7,11H2,1-2H3. The molecule has 21 heavy (non-hydrogen) atoms. The lowest BCUT2D eigenvalue weighted by molar-refractivity contribution is 0.749. The van der Waals surface area contributed by atoms with E-state index in [9.17, 15) is 0 Å². The van der Waals surface area contributed by atoms with Gasteiger partial charge in [-0.2, -0.15) is 0 Å². The summed E-state index contributed by atoms with van der Waals surface area (Å²) in [5, 5.41) is 0. The quantitative estimate of drug-likeness (QED) is 0.685. The number of benzene rings is 1. The zero-order valence-electron chi connectivity index (χ0n) is 12.3. The summed E-state index contributed by atoms with van der Waals surface area (Å²) in [5.41, 5.74) is 5.91. The number of aromatic nitrogens is 3. The number of fused-ring (bicyclic) bond motifs is 1. The molecule has 0 spiro atoms. The lowest BCUT2D eigenvalue weighted by atomic mass is 10.1. The van der Waals surface area contributed by atoms with Crippen LogP contribution in [0.3, 0.4) is 0 Å². The summed E-state index contributed by atoms with van der Waals surface area (Å²) in [6.45, 7) is 5.00. The number of hydrogen-bond donors (Lipinski definition) is 0. The van der Waals surface area contributed by atoms with Gasteiger partial charge in [0.15, 0.2) is 0 Å². The molecule has 1 aromatic carbocycles. The average molecular weight is 300 g/mol. The molecule has 0 aliphatic heterocycles. The van der Waals surface area contributed by atoms with Gasteiger partial charge in [0.2, 0.25) is 0 Å². The maximum Gasteiger partial charge on any atom is 0.111 e. The molecule has 0 fully saturated rings. The van der Waals surface area contributed by atoms with Gasteiger partial charge in [0, 0.05) is 31.2 Å². The van der Waals surface area contributed by atoms with E-state index in [0.29, 0.717) is 5.88 Å². The highest BCUT2D eigenvalue weighted by Crippen LogP contribution is 2.21. The molecule has 0 N–H and O–H groups in total. The fourth-order valence-electron chi connectivity index (χ4n) is 2.58. The Morgan fingerprint density at radius 2 is 2.05 bits per heavy atom. The van der Waals surface area contributed by atoms with Crippen LogP contribution in [-0.4, -0.2) is 20.4 Å². The Morgan fingerprint density at radius 1 is 1.19 bits per heavy atom. The molecular weight excluding hydrogens is 282 g/mol. The van der Waals surface area contributed by atoms with Crippen molar-refractivity contribution in [2.75, 3.05) is 5.88 Å². The number of rotatable bonds is 4. The van der Waals surface area contributed by atoms with E-state index in [2.05, 4.69) is 47.7 Å². The van der Waals surface area contributed by atoms with Gasteiger partial charge in [-0.25, -0.2) is 4.98 Å². The molecule has 0 aliphatic carbocycles. The maximum absolute atomic E-state index is 5.94. The molecule has 0 unspecified atom stereocenters. The molecule has 0 atom stereocenters. The predicted molar refractivity (Wildman–Crippen MR) is 87.0 cm³/mol. The molecule has 0 amide bonds. The van der Waals surface area contributed by atoms with Crippen LogP contribution >= 0.6 is 11.6 Å². The number of nitrogens with zero attached hydrogens (tertiary/aromatic N) is 3. The van der Waals surface area contributed by atoms with Gasteiger partial charge in [-0.1, -0.05) is 6.07 Å². The van der Waals surface area contributed by atoms with E-state index in [4.69, 9.17) is 16.6 Å². The highest BCUT2D eigenvalue weighted by molar-refractivity contribution is 6.17. The van der Waals surface area contributed by atoms with E-state index in [-0.39, 0.29) is 0 Å². The second-order valence-electron chi connectivity index (χ2n) is 5.35. The minimum Gasteiger partial charge on any atom is -0.323 e. The molecule has 0 aliphatic rings. The van der Waals surface area contributed by atoms with Crippen molar-refractivity contribution < 1.29 is 0 Å². The Labute approximate surface area is 129 Å². The van der Waals surface area contributed by atoms with Gasteiger partial charge in [-0.05, 0) is 48.7 Å². The van der Waals surface area contributed by atoms with E-state index < -0.39 is 0 Å². The smallest absolute Gasteiger partial charge is 0.111 e. The van der Waals surface area contributed by atoms with Crippen molar-refractivity contribution in [2.45, 2.75) is 26.8 Å². The molecule has 0 radical (unpaired) electrons. The van der Waals surface area contributed by atoms with Crippen LogP contribution in [0.5, 0.6) is 0 Å². The molecule has 4 heteroatoms. The van der Waals surface area contributed by atoms with E-state index in [1.165, 1.54) is 22.2 Å². The van der Waals surface area contributed by atoms with Gasteiger partial charge >= 0.3 is 0 Å². The molecule has 0 saturated carbocycles. The van der Waals surface area contributed by atoms with Crippen molar-refractivity contribution >= 4 is 22.6 Å².